The van der Waals surface area contributed by atoms with Crippen LogP contribution < -0.4 is 10.2 Å². The van der Waals surface area contributed by atoms with Gasteiger partial charge in [0.05, 0.1) is 5.69 Å². The molecule has 2 fully saturated rings. The van der Waals surface area contributed by atoms with E-state index in [0.29, 0.717) is 50.7 Å². The molecule has 0 bridgehead atoms. The number of ether oxygens (including phenoxy) is 1. The maximum absolute atomic E-state index is 13.6. The Kier molecular flexibility index (Phi) is 7.49. The quantitative estimate of drug-likeness (QED) is 0.491. The van der Waals surface area contributed by atoms with Crippen LogP contribution in [0.3, 0.4) is 0 Å². The van der Waals surface area contributed by atoms with Gasteiger partial charge in [-0.05, 0) is 57.9 Å². The largest absolute Gasteiger partial charge is 0.444 e. The Morgan fingerprint density at radius 1 is 1.11 bits per heavy atom. The van der Waals surface area contributed by atoms with Crippen LogP contribution in [0.2, 0.25) is 5.15 Å². The number of piperidine rings is 1. The Labute approximate surface area is 227 Å². The van der Waals surface area contributed by atoms with Gasteiger partial charge in [-0.2, -0.15) is 0 Å². The van der Waals surface area contributed by atoms with Gasteiger partial charge in [0.25, 0.3) is 0 Å². The average molecular weight is 537 g/mol. The number of ketones is 1. The van der Waals surface area contributed by atoms with Crippen molar-refractivity contribution in [2.24, 2.45) is 5.92 Å². The molecule has 2 aliphatic heterocycles. The molecule has 0 radical (unpaired) electrons. The Balaban J connectivity index is 1.34. The Hall–Kier alpha value is -3.30. The molecule has 1 N–H and O–H groups in total. The number of pyridine rings is 3. The number of hydrogen-bond donors (Lipinski definition) is 1. The summed E-state index contributed by atoms with van der Waals surface area (Å²) in [6.07, 6.45) is 6.24. The van der Waals surface area contributed by atoms with Gasteiger partial charge in [0.2, 0.25) is 0 Å². The number of fused-ring (bicyclic) bond motifs is 1. The molecular formula is C28H33ClN6O3. The lowest BCUT2D eigenvalue weighted by Crippen LogP contribution is -2.59. The van der Waals surface area contributed by atoms with E-state index < -0.39 is 17.7 Å². The van der Waals surface area contributed by atoms with Crippen LogP contribution in [0.4, 0.5) is 10.6 Å². The fraction of sp³-hybridized carbons (Fsp3) is 0.464. The summed E-state index contributed by atoms with van der Waals surface area (Å²) in [5.41, 5.74) is 1.07. The highest BCUT2D eigenvalue weighted by Gasteiger charge is 2.39. The van der Waals surface area contributed by atoms with E-state index in [2.05, 4.69) is 20.2 Å². The zero-order chi connectivity index (χ0) is 26.9. The molecule has 0 aliphatic carbocycles. The van der Waals surface area contributed by atoms with Gasteiger partial charge in [-0.15, -0.1) is 0 Å². The number of Topliss-reactive ketones (excluding diaryl/α,β-unsaturated/α-hetero) is 1. The number of hydrogen-bond acceptors (Lipinski definition) is 8. The van der Waals surface area contributed by atoms with E-state index in [1.54, 1.807) is 23.4 Å². The molecule has 9 nitrogen and oxygen atoms in total. The summed E-state index contributed by atoms with van der Waals surface area (Å²) in [5.74, 6) is 0.842. The van der Waals surface area contributed by atoms with E-state index >= 15 is 0 Å². The molecule has 0 aromatic carbocycles. The summed E-state index contributed by atoms with van der Waals surface area (Å²) in [5, 5.41) is 5.68. The Bertz CT molecular complexity index is 1340. The minimum atomic E-state index is -0.609. The first kappa shape index (κ1) is 26.3. The highest BCUT2D eigenvalue weighted by molar-refractivity contribution is 6.29. The van der Waals surface area contributed by atoms with E-state index in [0.717, 1.165) is 27.8 Å². The number of nitrogens with zero attached hydrogens (tertiary/aromatic N) is 5. The minimum Gasteiger partial charge on any atom is -0.444 e. The smallest absolute Gasteiger partial charge is 0.410 e. The van der Waals surface area contributed by atoms with E-state index in [4.69, 9.17) is 21.3 Å². The molecule has 0 saturated carbocycles. The van der Waals surface area contributed by atoms with Crippen LogP contribution in [0.15, 0.2) is 42.9 Å². The van der Waals surface area contributed by atoms with E-state index in [1.165, 1.54) is 0 Å². The van der Waals surface area contributed by atoms with Gasteiger partial charge in [0.1, 0.15) is 22.6 Å². The maximum Gasteiger partial charge on any atom is 0.410 e. The summed E-state index contributed by atoms with van der Waals surface area (Å²) >= 11 is 6.14. The number of rotatable bonds is 4. The molecule has 1 atom stereocenters. The first-order valence-electron chi connectivity index (χ1n) is 13.1. The molecule has 38 heavy (non-hydrogen) atoms. The van der Waals surface area contributed by atoms with Crippen molar-refractivity contribution in [1.82, 2.24) is 25.2 Å². The fourth-order valence-corrected chi connectivity index (χ4v) is 5.35. The lowest BCUT2D eigenvalue weighted by Gasteiger charge is -2.39. The zero-order valence-corrected chi connectivity index (χ0v) is 22.7. The molecule has 5 heterocycles. The number of nitrogens with one attached hydrogen (secondary N) is 1. The summed E-state index contributed by atoms with van der Waals surface area (Å²) in [4.78, 5) is 43.7. The molecule has 1 amide bonds. The van der Waals surface area contributed by atoms with E-state index in [-0.39, 0.29) is 11.7 Å². The normalized spacial score (nSPS) is 19.0. The van der Waals surface area contributed by atoms with Crippen LogP contribution in [0, 0.1) is 5.92 Å². The first-order chi connectivity index (χ1) is 18.2. The summed E-state index contributed by atoms with van der Waals surface area (Å²) < 4.78 is 5.59. The number of carbonyl (C=O) groups excluding carboxylic acids is 2. The molecule has 1 unspecified atom stereocenters. The predicted molar refractivity (Wildman–Crippen MR) is 147 cm³/mol. The van der Waals surface area contributed by atoms with Crippen molar-refractivity contribution < 1.29 is 14.3 Å². The zero-order valence-electron chi connectivity index (χ0n) is 22.0. The van der Waals surface area contributed by atoms with Crippen LogP contribution in [-0.2, 0) is 9.53 Å². The predicted octanol–water partition coefficient (Wildman–Crippen LogP) is 4.34. The second kappa shape index (κ2) is 10.8. The second-order valence-corrected chi connectivity index (χ2v) is 11.2. The minimum absolute atomic E-state index is 0.102. The van der Waals surface area contributed by atoms with Gasteiger partial charge >= 0.3 is 6.09 Å². The lowest BCUT2D eigenvalue weighted by atomic mass is 9.87. The van der Waals surface area contributed by atoms with Gasteiger partial charge in [-0.3, -0.25) is 14.7 Å². The van der Waals surface area contributed by atoms with Crippen molar-refractivity contribution in [3.05, 3.63) is 48.0 Å². The van der Waals surface area contributed by atoms with Crippen molar-refractivity contribution in [2.45, 2.75) is 45.3 Å². The molecule has 3 aromatic heterocycles. The fourth-order valence-electron chi connectivity index (χ4n) is 5.18. The molecule has 5 rings (SSSR count). The average Bonchev–Trinajstić information content (AvgIpc) is 2.91. The number of piperazine rings is 1. The van der Waals surface area contributed by atoms with E-state index in [1.807, 2.05) is 45.2 Å². The number of aromatic nitrogens is 3. The second-order valence-electron chi connectivity index (χ2n) is 10.9. The Morgan fingerprint density at radius 3 is 2.63 bits per heavy atom. The molecular weight excluding hydrogens is 504 g/mol. The van der Waals surface area contributed by atoms with E-state index in [9.17, 15) is 9.59 Å². The topological polar surface area (TPSA) is 101 Å². The third-order valence-electron chi connectivity index (χ3n) is 7.03. The van der Waals surface area contributed by atoms with Gasteiger partial charge in [0, 0.05) is 73.6 Å². The third kappa shape index (κ3) is 5.73. The lowest BCUT2D eigenvalue weighted by molar-refractivity contribution is -0.129. The summed E-state index contributed by atoms with van der Waals surface area (Å²) in [6.45, 7) is 8.45. The standard InChI is InChI=1S/C28H33ClN6O3/c1-28(2,3)38-27(37)35-13-10-31-17-23(35)25(36)18-6-11-34(12-7-18)26-21-5-8-30-16-20(21)14-22(33-26)19-4-9-32-24(29)15-19/h4-5,8-9,14-16,18,23,31H,6-7,10-13,17H2,1-3H3. The van der Waals surface area contributed by atoms with Crippen molar-refractivity contribution in [2.75, 3.05) is 37.6 Å². The summed E-state index contributed by atoms with van der Waals surface area (Å²) in [6, 6.07) is 7.16. The molecule has 0 spiro atoms. The number of amides is 1. The molecule has 10 heteroatoms. The van der Waals surface area contributed by atoms with Gasteiger partial charge in [-0.25, -0.2) is 14.8 Å². The monoisotopic (exact) mass is 536 g/mol. The highest BCUT2D eigenvalue weighted by Crippen LogP contribution is 2.33. The van der Waals surface area contributed by atoms with Crippen LogP contribution in [0.1, 0.15) is 33.6 Å². The first-order valence-corrected chi connectivity index (χ1v) is 13.4. The van der Waals surface area contributed by atoms with Gasteiger partial charge < -0.3 is 15.0 Å². The SMILES string of the molecule is CC(C)(C)OC(=O)N1CCNCC1C(=O)C1CCN(c2nc(-c3ccnc(Cl)c3)cc3cnccc23)CC1. The number of carbonyl (C=O) groups is 2. The molecule has 2 aliphatic rings. The van der Waals surface area contributed by atoms with Crippen molar-refractivity contribution in [3.8, 4) is 11.3 Å². The maximum atomic E-state index is 13.6. The Morgan fingerprint density at radius 2 is 1.89 bits per heavy atom. The van der Waals surface area contributed by atoms with Crippen LogP contribution in [-0.4, -0.2) is 76.1 Å². The van der Waals surface area contributed by atoms with Gasteiger partial charge in [-0.1, -0.05) is 11.6 Å². The third-order valence-corrected chi connectivity index (χ3v) is 7.24. The molecule has 2 saturated heterocycles. The summed E-state index contributed by atoms with van der Waals surface area (Å²) in [7, 11) is 0. The highest BCUT2D eigenvalue weighted by atomic mass is 35.5. The number of anilines is 1. The molecule has 200 valence electrons. The van der Waals surface area contributed by atoms with Crippen molar-refractivity contribution in [3.63, 3.8) is 0 Å². The van der Waals surface area contributed by atoms with Crippen LogP contribution >= 0.6 is 11.6 Å². The van der Waals surface area contributed by atoms with Crippen molar-refractivity contribution in [1.29, 1.82) is 0 Å². The van der Waals surface area contributed by atoms with Crippen molar-refractivity contribution >= 4 is 40.1 Å². The number of halogens is 1. The van der Waals surface area contributed by atoms with Crippen LogP contribution in [0.5, 0.6) is 0 Å². The molecule has 3 aromatic rings. The van der Waals surface area contributed by atoms with Crippen LogP contribution in [0.25, 0.3) is 22.0 Å². The van der Waals surface area contributed by atoms with Gasteiger partial charge in [0.15, 0.2) is 5.78 Å².